The number of alkyl halides is 3. The van der Waals surface area contributed by atoms with Crippen LogP contribution < -0.4 is 0 Å². The molecule has 4 fully saturated rings. The third-order valence-electron chi connectivity index (χ3n) is 9.98. The molecular weight excluding hydrogens is 630 g/mol. The second-order valence-corrected chi connectivity index (χ2v) is 17.4. The standard InChI is InChI=1S/C30H31F3IN5O/c1-37-19-35-36-25(37)29(16-28(17-29)7-8-28)21-3-2-4-22(12-21)34-13-24-23(30(31,32)33)11-20(15-39(24)26(34)40)14-38-10-9-27(18-38)5-6-27/h2-4,11-13,15,19H,5-10,14,16-18H2,1H3. The van der Waals surface area contributed by atoms with Crippen molar-refractivity contribution in [2.75, 3.05) is 19.6 Å². The van der Waals surface area contributed by atoms with Crippen LogP contribution in [0.3, 0.4) is 0 Å². The number of hydrogen-bond acceptors (Lipinski definition) is 4. The van der Waals surface area contributed by atoms with Gasteiger partial charge in [-0.1, -0.05) is 0 Å². The van der Waals surface area contributed by atoms with Crippen molar-refractivity contribution in [1.29, 1.82) is 0 Å². The molecule has 1 aromatic carbocycles. The van der Waals surface area contributed by atoms with Crippen molar-refractivity contribution in [3.8, 4) is 0 Å². The van der Waals surface area contributed by atoms with Crippen LogP contribution in [0.2, 0.25) is 0 Å². The number of allylic oxidation sites excluding steroid dienone is 1. The molecule has 6 nitrogen and oxygen atoms in total. The van der Waals surface area contributed by atoms with E-state index in [4.69, 9.17) is 0 Å². The van der Waals surface area contributed by atoms with E-state index in [9.17, 15) is 18.0 Å². The Morgan fingerprint density at radius 1 is 1.07 bits per heavy atom. The van der Waals surface area contributed by atoms with Crippen molar-refractivity contribution in [1.82, 2.24) is 24.6 Å². The van der Waals surface area contributed by atoms with Crippen molar-refractivity contribution in [2.24, 2.45) is 17.9 Å². The number of rotatable bonds is 5. The fraction of sp³-hybridized carbons (Fsp3) is 0.500. The van der Waals surface area contributed by atoms with Crippen LogP contribution in [0, 0.1) is 14.4 Å². The van der Waals surface area contributed by atoms with Crippen LogP contribution in [-0.4, -0.2) is 54.3 Å². The maximum absolute atomic E-state index is 14.3. The van der Waals surface area contributed by atoms with Crippen molar-refractivity contribution < 1.29 is 18.0 Å². The Morgan fingerprint density at radius 2 is 1.85 bits per heavy atom. The Labute approximate surface area is 238 Å². The van der Waals surface area contributed by atoms with E-state index in [-0.39, 0.29) is 15.0 Å². The minimum atomic E-state index is -4.53. The molecule has 1 saturated heterocycles. The van der Waals surface area contributed by atoms with Crippen LogP contribution in [0.5, 0.6) is 0 Å². The van der Waals surface area contributed by atoms with Crippen molar-refractivity contribution in [2.45, 2.75) is 56.5 Å². The van der Waals surface area contributed by atoms with Crippen LogP contribution >= 0.6 is 19.8 Å². The number of aromatic nitrogens is 3. The van der Waals surface area contributed by atoms with Gasteiger partial charge in [-0.2, -0.15) is 0 Å². The predicted octanol–water partition coefficient (Wildman–Crippen LogP) is 6.50. The Balaban J connectivity index is 1.12. The first-order valence-corrected chi connectivity index (χ1v) is 17.4. The van der Waals surface area contributed by atoms with E-state index in [2.05, 4.69) is 27.2 Å². The number of likely N-dealkylation sites (tertiary alicyclic amines) is 1. The molecule has 3 saturated carbocycles. The summed E-state index contributed by atoms with van der Waals surface area (Å²) in [6.07, 6.45) is 8.14. The number of aryl methyl sites for hydroxylation is 1. The summed E-state index contributed by atoms with van der Waals surface area (Å²) < 4.78 is 47.3. The fourth-order valence-corrected chi connectivity index (χ4v) is 12.1. The average Bonchev–Trinajstić information content (AvgIpc) is 3.73. The number of carbonyl (C=O) groups is 1. The van der Waals surface area contributed by atoms with Gasteiger partial charge in [0, 0.05) is 0 Å². The van der Waals surface area contributed by atoms with Gasteiger partial charge in [-0.15, -0.1) is 0 Å². The zero-order chi connectivity index (χ0) is 27.5. The molecule has 1 amide bonds. The second kappa shape index (κ2) is 8.30. The second-order valence-electron chi connectivity index (χ2n) is 12.9. The van der Waals surface area contributed by atoms with Crippen LogP contribution in [0.4, 0.5) is 18.0 Å². The van der Waals surface area contributed by atoms with Crippen LogP contribution in [0.15, 0.2) is 63.8 Å². The first-order chi connectivity index (χ1) is 19.1. The summed E-state index contributed by atoms with van der Waals surface area (Å²) >= 11 is -2.77. The SMILES string of the molecule is Cn1cnnc1C1(c2cccc(I3C=C4C(C(F)(F)F)=CC(CN5CCC6(CC6)C5)=CN4C3=O)c2)CC2(CC2)C1. The zero-order valence-corrected chi connectivity index (χ0v) is 24.5. The molecule has 2 aromatic rings. The Hall–Kier alpha value is -2.47. The van der Waals surface area contributed by atoms with E-state index in [1.807, 2.05) is 23.7 Å². The van der Waals surface area contributed by atoms with Gasteiger partial charge in [0.25, 0.3) is 0 Å². The van der Waals surface area contributed by atoms with Gasteiger partial charge in [0.1, 0.15) is 0 Å². The molecule has 210 valence electrons. The Bertz CT molecular complexity index is 1520. The zero-order valence-electron chi connectivity index (χ0n) is 22.3. The van der Waals surface area contributed by atoms with Gasteiger partial charge in [0.15, 0.2) is 0 Å². The number of amides is 1. The molecular formula is C30H31F3IN5O. The summed E-state index contributed by atoms with van der Waals surface area (Å²) in [5, 5.41) is 8.62. The van der Waals surface area contributed by atoms with E-state index in [1.54, 1.807) is 16.6 Å². The molecule has 8 rings (SSSR count). The number of fused-ring (bicyclic) bond motifs is 1. The first kappa shape index (κ1) is 25.3. The van der Waals surface area contributed by atoms with Gasteiger partial charge in [-0.3, -0.25) is 0 Å². The number of hydrogen-bond donors (Lipinski definition) is 0. The molecule has 6 aliphatic rings. The van der Waals surface area contributed by atoms with Gasteiger partial charge in [-0.25, -0.2) is 0 Å². The van der Waals surface area contributed by atoms with Crippen molar-refractivity contribution >= 4 is 23.7 Å². The molecule has 10 heteroatoms. The summed E-state index contributed by atoms with van der Waals surface area (Å²) in [7, 11) is 1.96. The van der Waals surface area contributed by atoms with E-state index < -0.39 is 31.6 Å². The van der Waals surface area contributed by atoms with E-state index in [1.165, 1.54) is 36.7 Å². The molecule has 0 radical (unpaired) electrons. The van der Waals surface area contributed by atoms with Crippen molar-refractivity contribution in [3.05, 3.63) is 78.8 Å². The molecule has 0 bridgehead atoms. The number of benzene rings is 1. The van der Waals surface area contributed by atoms with Crippen LogP contribution in [0.1, 0.15) is 56.3 Å². The summed E-state index contributed by atoms with van der Waals surface area (Å²) in [5.74, 6) is 0.921. The van der Waals surface area contributed by atoms with E-state index >= 15 is 0 Å². The number of halogens is 4. The number of carbonyl (C=O) groups excluding carboxylic acids is 1. The topological polar surface area (TPSA) is 54.3 Å². The summed E-state index contributed by atoms with van der Waals surface area (Å²) in [6, 6.07) is 8.07. The van der Waals surface area contributed by atoms with Gasteiger partial charge in [-0.05, 0) is 0 Å². The predicted molar refractivity (Wildman–Crippen MR) is 152 cm³/mol. The summed E-state index contributed by atoms with van der Waals surface area (Å²) in [5.41, 5.74) is 1.49. The Kier molecular flexibility index (Phi) is 5.24. The number of nitrogens with zero attached hydrogens (tertiary/aromatic N) is 5. The third-order valence-corrected chi connectivity index (χ3v) is 14.7. The average molecular weight is 662 g/mol. The molecule has 2 spiro atoms. The first-order valence-electron chi connectivity index (χ1n) is 14.0. The van der Waals surface area contributed by atoms with Gasteiger partial charge in [0.2, 0.25) is 0 Å². The molecule has 0 N–H and O–H groups in total. The van der Waals surface area contributed by atoms with Gasteiger partial charge < -0.3 is 0 Å². The summed E-state index contributed by atoms with van der Waals surface area (Å²) in [6.45, 7) is 2.29. The normalized spacial score (nSPS) is 26.5. The molecule has 1 aromatic heterocycles. The molecule has 40 heavy (non-hydrogen) atoms. The molecule has 4 heterocycles. The van der Waals surface area contributed by atoms with Gasteiger partial charge in [0.05, 0.1) is 0 Å². The monoisotopic (exact) mass is 661 g/mol. The van der Waals surface area contributed by atoms with E-state index in [0.29, 0.717) is 22.9 Å². The quantitative estimate of drug-likeness (QED) is 0.209. The molecule has 3 aliphatic carbocycles. The van der Waals surface area contributed by atoms with Gasteiger partial charge >= 0.3 is 239 Å². The van der Waals surface area contributed by atoms with E-state index in [0.717, 1.165) is 47.3 Å². The fourth-order valence-electron chi connectivity index (χ4n) is 7.52. The Morgan fingerprint density at radius 3 is 2.50 bits per heavy atom. The molecule has 0 unspecified atom stereocenters. The maximum atomic E-state index is 14.3. The minimum absolute atomic E-state index is 0.0144. The molecule has 3 aliphatic heterocycles. The molecule has 0 atom stereocenters. The van der Waals surface area contributed by atoms with Crippen LogP contribution in [0.25, 0.3) is 0 Å². The van der Waals surface area contributed by atoms with Crippen LogP contribution in [-0.2, 0) is 12.5 Å². The summed E-state index contributed by atoms with van der Waals surface area (Å²) in [4.78, 5) is 17.4. The van der Waals surface area contributed by atoms with Crippen molar-refractivity contribution in [3.63, 3.8) is 0 Å². The third kappa shape index (κ3) is 3.88.